The van der Waals surface area contributed by atoms with Gasteiger partial charge in [-0.1, -0.05) is 0 Å². The minimum Gasteiger partial charge on any atom is -0.480 e. The molecule has 6 heteroatoms. The van der Waals surface area contributed by atoms with E-state index in [4.69, 9.17) is 10.8 Å². The molecule has 0 fully saturated rings. The number of carboxylic acid groups (broad SMARTS) is 1. The zero-order valence-electron chi connectivity index (χ0n) is 7.15. The molecule has 1 unspecified atom stereocenters. The normalized spacial score (nSPS) is 14.3. The van der Waals surface area contributed by atoms with Gasteiger partial charge in [-0.3, -0.25) is 4.79 Å². The number of nitrogens with zero attached hydrogens (tertiary/aromatic N) is 1. The van der Waals surface area contributed by atoms with Gasteiger partial charge in [-0.2, -0.15) is 0 Å². The predicted molar refractivity (Wildman–Crippen MR) is 49.8 cm³/mol. The number of carboxylic acids is 1. The van der Waals surface area contributed by atoms with E-state index in [1.165, 1.54) is 13.3 Å². The Labute approximate surface area is 81.8 Å². The Balaban J connectivity index is 0.00000144. The van der Waals surface area contributed by atoms with Crippen LogP contribution in [0.2, 0.25) is 0 Å². The summed E-state index contributed by atoms with van der Waals surface area (Å²) in [4.78, 5) is 17.1. The molecule has 0 bridgehead atoms. The number of imidazole rings is 1. The number of carbonyl (C=O) groups is 1. The van der Waals surface area contributed by atoms with Gasteiger partial charge in [-0.05, 0) is 6.92 Å². The van der Waals surface area contributed by atoms with E-state index in [1.807, 2.05) is 0 Å². The summed E-state index contributed by atoms with van der Waals surface area (Å²) in [5.74, 6) is -1.02. The van der Waals surface area contributed by atoms with E-state index in [0.717, 1.165) is 5.69 Å². The Kier molecular flexibility index (Phi) is 3.90. The average Bonchev–Trinajstić information content (AvgIpc) is 2.38. The first-order chi connectivity index (χ1) is 5.52. The van der Waals surface area contributed by atoms with Crippen molar-refractivity contribution in [2.45, 2.75) is 18.9 Å². The highest BCUT2D eigenvalue weighted by Gasteiger charge is 2.28. The maximum Gasteiger partial charge on any atom is 0.323 e. The van der Waals surface area contributed by atoms with Gasteiger partial charge in [0, 0.05) is 18.3 Å². The van der Waals surface area contributed by atoms with Crippen molar-refractivity contribution in [1.29, 1.82) is 0 Å². The minimum atomic E-state index is -1.23. The molecule has 1 heterocycles. The fraction of sp³-hybridized carbons (Fsp3) is 0.429. The summed E-state index contributed by atoms with van der Waals surface area (Å²) in [5, 5.41) is 8.68. The lowest BCUT2D eigenvalue weighted by Gasteiger charge is -2.17. The quantitative estimate of drug-likeness (QED) is 0.656. The molecule has 0 saturated heterocycles. The van der Waals surface area contributed by atoms with Crippen LogP contribution in [0.3, 0.4) is 0 Å². The summed E-state index contributed by atoms with van der Waals surface area (Å²) in [6.07, 6.45) is 3.31. The van der Waals surface area contributed by atoms with Crippen LogP contribution in [0.1, 0.15) is 12.6 Å². The van der Waals surface area contributed by atoms with Gasteiger partial charge in [-0.15, -0.1) is 12.4 Å². The number of nitrogens with two attached hydrogens (primary N) is 1. The second-order valence-electron chi connectivity index (χ2n) is 2.98. The van der Waals surface area contributed by atoms with E-state index in [9.17, 15) is 4.79 Å². The van der Waals surface area contributed by atoms with E-state index in [2.05, 4.69) is 9.97 Å². The summed E-state index contributed by atoms with van der Waals surface area (Å²) >= 11 is 0. The maximum absolute atomic E-state index is 10.6. The van der Waals surface area contributed by atoms with Crippen molar-refractivity contribution in [3.63, 3.8) is 0 Å². The number of aromatic amines is 1. The van der Waals surface area contributed by atoms with E-state index >= 15 is 0 Å². The summed E-state index contributed by atoms with van der Waals surface area (Å²) in [6.45, 7) is 1.47. The first-order valence-corrected chi connectivity index (χ1v) is 3.52. The number of H-pyrrole nitrogens is 1. The van der Waals surface area contributed by atoms with Crippen molar-refractivity contribution < 1.29 is 9.90 Å². The van der Waals surface area contributed by atoms with Gasteiger partial charge in [0.2, 0.25) is 0 Å². The van der Waals surface area contributed by atoms with Gasteiger partial charge in [0.1, 0.15) is 5.54 Å². The lowest BCUT2D eigenvalue weighted by molar-refractivity contribution is -0.142. The third-order valence-electron chi connectivity index (χ3n) is 1.60. The number of nitrogens with one attached hydrogen (secondary N) is 1. The van der Waals surface area contributed by atoms with Crippen LogP contribution in [0.25, 0.3) is 0 Å². The molecule has 1 atom stereocenters. The van der Waals surface area contributed by atoms with Crippen LogP contribution in [0.5, 0.6) is 0 Å². The zero-order valence-corrected chi connectivity index (χ0v) is 7.97. The third kappa shape index (κ3) is 3.04. The molecular formula is C7H12ClN3O2. The number of aliphatic carboxylic acids is 1. The largest absolute Gasteiger partial charge is 0.480 e. The molecule has 0 aromatic carbocycles. The lowest BCUT2D eigenvalue weighted by atomic mass is 9.98. The number of halogens is 1. The summed E-state index contributed by atoms with van der Waals surface area (Å²) in [5.41, 5.74) is 5.00. The number of aromatic nitrogens is 2. The molecule has 0 aliphatic carbocycles. The third-order valence-corrected chi connectivity index (χ3v) is 1.60. The predicted octanol–water partition coefficient (Wildman–Crippen LogP) is 0.176. The SMILES string of the molecule is CC(N)(Cc1cnc[nH]1)C(=O)O.Cl. The number of hydrogen-bond acceptors (Lipinski definition) is 3. The second kappa shape index (κ2) is 4.25. The van der Waals surface area contributed by atoms with Crippen molar-refractivity contribution >= 4 is 18.4 Å². The molecule has 1 aromatic heterocycles. The summed E-state index contributed by atoms with van der Waals surface area (Å²) < 4.78 is 0. The molecule has 5 nitrogen and oxygen atoms in total. The molecule has 0 spiro atoms. The topological polar surface area (TPSA) is 92.0 Å². The van der Waals surface area contributed by atoms with Crippen LogP contribution >= 0.6 is 12.4 Å². The minimum absolute atomic E-state index is 0. The lowest BCUT2D eigenvalue weighted by Crippen LogP contribution is -2.46. The van der Waals surface area contributed by atoms with Crippen LogP contribution in [-0.4, -0.2) is 26.6 Å². The maximum atomic E-state index is 10.6. The average molecular weight is 206 g/mol. The van der Waals surface area contributed by atoms with Gasteiger partial charge in [0.05, 0.1) is 6.33 Å². The van der Waals surface area contributed by atoms with Gasteiger partial charge < -0.3 is 15.8 Å². The highest BCUT2D eigenvalue weighted by molar-refractivity contribution is 5.85. The standard InChI is InChI=1S/C7H11N3O2.ClH/c1-7(8,6(11)12)2-5-3-9-4-10-5;/h3-4H,2,8H2,1H3,(H,9,10)(H,11,12);1H. The van der Waals surface area contributed by atoms with E-state index in [1.54, 1.807) is 6.20 Å². The van der Waals surface area contributed by atoms with Crippen molar-refractivity contribution in [3.8, 4) is 0 Å². The molecule has 1 aromatic rings. The Bertz CT molecular complexity index is 271. The van der Waals surface area contributed by atoms with Crippen LogP contribution < -0.4 is 5.73 Å². The summed E-state index contributed by atoms with van der Waals surface area (Å²) in [6, 6.07) is 0. The van der Waals surface area contributed by atoms with Crippen LogP contribution in [-0.2, 0) is 11.2 Å². The van der Waals surface area contributed by atoms with Gasteiger partial charge in [0.25, 0.3) is 0 Å². The van der Waals surface area contributed by atoms with Crippen LogP contribution in [0, 0.1) is 0 Å². The van der Waals surface area contributed by atoms with Crippen molar-refractivity contribution in [3.05, 3.63) is 18.2 Å². The molecule has 0 aliphatic heterocycles. The number of hydrogen-bond donors (Lipinski definition) is 3. The number of rotatable bonds is 3. The molecule has 1 rings (SSSR count). The van der Waals surface area contributed by atoms with Gasteiger partial charge in [-0.25, -0.2) is 4.98 Å². The molecule has 0 aliphatic rings. The first kappa shape index (κ1) is 11.9. The van der Waals surface area contributed by atoms with E-state index in [0.29, 0.717) is 0 Å². The Morgan fingerprint density at radius 1 is 1.85 bits per heavy atom. The second-order valence-corrected chi connectivity index (χ2v) is 2.98. The Morgan fingerprint density at radius 3 is 2.85 bits per heavy atom. The van der Waals surface area contributed by atoms with Gasteiger partial charge in [0.15, 0.2) is 0 Å². The van der Waals surface area contributed by atoms with Gasteiger partial charge >= 0.3 is 5.97 Å². The van der Waals surface area contributed by atoms with E-state index < -0.39 is 11.5 Å². The fourth-order valence-electron chi connectivity index (χ4n) is 0.853. The summed E-state index contributed by atoms with van der Waals surface area (Å²) in [7, 11) is 0. The van der Waals surface area contributed by atoms with Crippen LogP contribution in [0.15, 0.2) is 12.5 Å². The molecular weight excluding hydrogens is 194 g/mol. The first-order valence-electron chi connectivity index (χ1n) is 3.52. The van der Waals surface area contributed by atoms with Crippen molar-refractivity contribution in [1.82, 2.24) is 9.97 Å². The highest BCUT2D eigenvalue weighted by Crippen LogP contribution is 2.07. The molecule has 0 saturated carbocycles. The van der Waals surface area contributed by atoms with Crippen LogP contribution in [0.4, 0.5) is 0 Å². The highest BCUT2D eigenvalue weighted by atomic mass is 35.5. The Morgan fingerprint density at radius 2 is 2.46 bits per heavy atom. The molecule has 0 amide bonds. The smallest absolute Gasteiger partial charge is 0.323 e. The molecule has 13 heavy (non-hydrogen) atoms. The molecule has 4 N–H and O–H groups in total. The Hall–Kier alpha value is -1.07. The molecule has 0 radical (unpaired) electrons. The fourth-order valence-corrected chi connectivity index (χ4v) is 0.853. The zero-order chi connectivity index (χ0) is 9.19. The van der Waals surface area contributed by atoms with Crippen molar-refractivity contribution in [2.24, 2.45) is 5.73 Å². The monoisotopic (exact) mass is 205 g/mol. The van der Waals surface area contributed by atoms with Crippen molar-refractivity contribution in [2.75, 3.05) is 0 Å². The molecule has 74 valence electrons. The van der Waals surface area contributed by atoms with E-state index in [-0.39, 0.29) is 18.8 Å².